The molecule has 2 aromatic heterocycles. The van der Waals surface area contributed by atoms with Crippen LogP contribution in [0.4, 0.5) is 23.5 Å². The van der Waals surface area contributed by atoms with Crippen LogP contribution in [0, 0.1) is 0 Å². The molecule has 0 radical (unpaired) electrons. The Morgan fingerprint density at radius 1 is 1.18 bits per heavy atom. The van der Waals surface area contributed by atoms with Gasteiger partial charge in [-0.15, -0.1) is 5.10 Å². The summed E-state index contributed by atoms with van der Waals surface area (Å²) in [5, 5.41) is 12.0. The molecule has 1 aliphatic rings. The number of amides is 2. The topological polar surface area (TPSA) is 107 Å². The lowest BCUT2D eigenvalue weighted by atomic mass is 10.1. The van der Waals surface area contributed by atoms with Crippen LogP contribution in [0.5, 0.6) is 0 Å². The lowest BCUT2D eigenvalue weighted by Crippen LogP contribution is -2.63. The van der Waals surface area contributed by atoms with Crippen LogP contribution < -0.4 is 10.6 Å². The van der Waals surface area contributed by atoms with Crippen molar-refractivity contribution < 1.29 is 31.6 Å². The lowest BCUT2D eigenvalue weighted by molar-refractivity contribution is -0.904. The molecule has 1 unspecified atom stereocenters. The Hall–Kier alpha value is -2.97. The molecule has 212 valence electrons. The van der Waals surface area contributed by atoms with E-state index in [1.165, 1.54) is 16.8 Å². The quantitative estimate of drug-likeness (QED) is 0.198. The van der Waals surface area contributed by atoms with Crippen LogP contribution in [0.2, 0.25) is 10.0 Å². The molecule has 0 bridgehead atoms. The van der Waals surface area contributed by atoms with Crippen molar-refractivity contribution in [2.24, 2.45) is 0 Å². The number of benzene rings is 1. The van der Waals surface area contributed by atoms with Gasteiger partial charge in [-0.3, -0.25) is 19.5 Å². The molecule has 0 saturated carbocycles. The second-order valence-corrected chi connectivity index (χ2v) is 10.8. The van der Waals surface area contributed by atoms with Crippen molar-refractivity contribution in [3.8, 4) is 0 Å². The molecule has 2 amide bonds. The Labute approximate surface area is 230 Å². The van der Waals surface area contributed by atoms with Crippen LogP contribution in [-0.4, -0.2) is 74.3 Å². The van der Waals surface area contributed by atoms with Gasteiger partial charge in [0, 0.05) is 6.42 Å². The fourth-order valence-electron chi connectivity index (χ4n) is 4.62. The Bertz CT molecular complexity index is 1390. The molecule has 1 aromatic carbocycles. The summed E-state index contributed by atoms with van der Waals surface area (Å²) in [5.74, 6) is -2.78. The minimum absolute atomic E-state index is 0.0284. The SMILES string of the molecule is C[N+](C)(CCCCCC(=O)NC1(C(F)(F)F)C(=O)Nc2nc3cc(Cl)c(Cl)cc3n21)Cc1cn(CCF)nn1. The Balaban J connectivity index is 1.38. The van der Waals surface area contributed by atoms with Crippen molar-refractivity contribution in [2.45, 2.75) is 50.6 Å². The highest BCUT2D eigenvalue weighted by Crippen LogP contribution is 2.45. The third-order valence-electron chi connectivity index (χ3n) is 6.47. The molecule has 0 fully saturated rings. The molecule has 4 rings (SSSR count). The maximum Gasteiger partial charge on any atom is 0.440 e. The Morgan fingerprint density at radius 2 is 1.90 bits per heavy atom. The summed E-state index contributed by atoms with van der Waals surface area (Å²) in [6.07, 6.45) is -2.14. The van der Waals surface area contributed by atoms with Crippen LogP contribution in [0.1, 0.15) is 31.4 Å². The van der Waals surface area contributed by atoms with Gasteiger partial charge in [0.1, 0.15) is 18.9 Å². The van der Waals surface area contributed by atoms with Crippen LogP contribution in [0.3, 0.4) is 0 Å². The van der Waals surface area contributed by atoms with Crippen LogP contribution in [0.15, 0.2) is 18.3 Å². The van der Waals surface area contributed by atoms with Crippen molar-refractivity contribution >= 4 is 52.0 Å². The van der Waals surface area contributed by atoms with Gasteiger partial charge in [0.2, 0.25) is 11.9 Å². The van der Waals surface area contributed by atoms with Gasteiger partial charge in [-0.25, -0.2) is 14.1 Å². The van der Waals surface area contributed by atoms with E-state index in [1.807, 2.05) is 19.4 Å². The first-order valence-electron chi connectivity index (χ1n) is 12.1. The van der Waals surface area contributed by atoms with Crippen molar-refractivity contribution in [1.82, 2.24) is 29.9 Å². The number of halogens is 6. The lowest BCUT2D eigenvalue weighted by Gasteiger charge is -2.32. The number of anilines is 1. The van der Waals surface area contributed by atoms with Gasteiger partial charge >= 0.3 is 6.18 Å². The maximum absolute atomic E-state index is 14.5. The number of alkyl halides is 4. The first kappa shape index (κ1) is 29.0. The van der Waals surface area contributed by atoms with Gasteiger partial charge in [-0.1, -0.05) is 28.4 Å². The summed E-state index contributed by atoms with van der Waals surface area (Å²) in [4.78, 5) is 29.4. The van der Waals surface area contributed by atoms with Crippen LogP contribution in [0.25, 0.3) is 11.0 Å². The second kappa shape index (κ2) is 10.9. The average molecular weight is 594 g/mol. The largest absolute Gasteiger partial charge is 0.440 e. The van der Waals surface area contributed by atoms with Crippen molar-refractivity contribution in [3.63, 3.8) is 0 Å². The highest BCUT2D eigenvalue weighted by Gasteiger charge is 2.67. The smallest absolute Gasteiger partial charge is 0.323 e. The van der Waals surface area contributed by atoms with E-state index in [0.717, 1.165) is 5.69 Å². The highest BCUT2D eigenvalue weighted by atomic mass is 35.5. The number of nitrogens with one attached hydrogen (secondary N) is 2. The van der Waals surface area contributed by atoms with E-state index in [0.29, 0.717) is 41.4 Å². The highest BCUT2D eigenvalue weighted by molar-refractivity contribution is 6.42. The summed E-state index contributed by atoms with van der Waals surface area (Å²) in [6, 6.07) is 2.45. The summed E-state index contributed by atoms with van der Waals surface area (Å²) in [5.41, 5.74) is -2.70. The number of nitrogens with zero attached hydrogens (tertiary/aromatic N) is 6. The number of imidazole rings is 1. The van der Waals surface area contributed by atoms with Gasteiger partial charge < -0.3 is 9.80 Å². The van der Waals surface area contributed by atoms with Gasteiger partial charge in [0.25, 0.3) is 11.6 Å². The fourth-order valence-corrected chi connectivity index (χ4v) is 4.94. The van der Waals surface area contributed by atoms with E-state index < -0.39 is 30.3 Å². The molecule has 0 aliphatic carbocycles. The number of fused-ring (bicyclic) bond motifs is 3. The number of carbonyl (C=O) groups excluding carboxylic acids is 2. The normalized spacial score (nSPS) is 17.5. The molecule has 16 heteroatoms. The van der Waals surface area contributed by atoms with E-state index in [1.54, 1.807) is 6.20 Å². The van der Waals surface area contributed by atoms with Gasteiger partial charge in [0.15, 0.2) is 0 Å². The number of aromatic nitrogens is 5. The minimum Gasteiger partial charge on any atom is -0.323 e. The maximum atomic E-state index is 14.5. The molecule has 0 saturated heterocycles. The minimum atomic E-state index is -5.19. The van der Waals surface area contributed by atoms with Crippen molar-refractivity contribution in [3.05, 3.63) is 34.1 Å². The average Bonchev–Trinajstić information content (AvgIpc) is 3.47. The predicted octanol–water partition coefficient (Wildman–Crippen LogP) is 4.02. The monoisotopic (exact) mass is 593 g/mol. The molecule has 3 heterocycles. The molecule has 39 heavy (non-hydrogen) atoms. The summed E-state index contributed by atoms with van der Waals surface area (Å²) in [7, 11) is 3.97. The van der Waals surface area contributed by atoms with Gasteiger partial charge in [0.05, 0.1) is 54.5 Å². The van der Waals surface area contributed by atoms with E-state index in [9.17, 15) is 27.2 Å². The number of carbonyl (C=O) groups is 2. The van der Waals surface area contributed by atoms with Crippen LogP contribution in [-0.2, 0) is 28.3 Å². The zero-order valence-corrected chi connectivity index (χ0v) is 22.7. The molecule has 10 nitrogen and oxygen atoms in total. The Kier molecular flexibility index (Phi) is 8.11. The molecule has 2 N–H and O–H groups in total. The van der Waals surface area contributed by atoms with Crippen LogP contribution >= 0.6 is 23.2 Å². The summed E-state index contributed by atoms with van der Waals surface area (Å²) in [6.45, 7) is 0.875. The molecule has 0 spiro atoms. The first-order valence-corrected chi connectivity index (χ1v) is 12.9. The van der Waals surface area contributed by atoms with E-state index in [2.05, 4.69) is 20.6 Å². The zero-order valence-electron chi connectivity index (χ0n) is 21.2. The molecule has 3 aromatic rings. The third kappa shape index (κ3) is 5.82. The first-order chi connectivity index (χ1) is 18.3. The fraction of sp³-hybridized carbons (Fsp3) is 0.522. The van der Waals surface area contributed by atoms with Crippen molar-refractivity contribution in [1.29, 1.82) is 0 Å². The number of hydrogen-bond acceptors (Lipinski definition) is 5. The number of hydrogen-bond donors (Lipinski definition) is 2. The molecular weight excluding hydrogens is 567 g/mol. The number of unbranched alkanes of at least 4 members (excludes halogenated alkanes) is 2. The van der Waals surface area contributed by atoms with E-state index in [-0.39, 0.29) is 40.0 Å². The number of rotatable bonds is 11. The number of quaternary nitrogens is 1. The van der Waals surface area contributed by atoms with Gasteiger partial charge in [-0.05, 0) is 31.4 Å². The zero-order chi connectivity index (χ0) is 28.6. The molecule has 1 aliphatic heterocycles. The number of aryl methyl sites for hydroxylation is 1. The van der Waals surface area contributed by atoms with Gasteiger partial charge in [-0.2, -0.15) is 13.2 Å². The van der Waals surface area contributed by atoms with E-state index >= 15 is 0 Å². The standard InChI is InChI=1S/C23H26Cl2F4N8O2/c1-37(2,13-14-12-35(8-7-26)34-33-14)9-5-3-4-6-19(38)32-22(23(27,28)29)20(39)31-21-30-17-10-15(24)16(25)11-18(17)36(21)22/h10-12H,3-9,13H2,1-2H3,(H-,30,31,32,38,39)/p+1. The Morgan fingerprint density at radius 3 is 2.59 bits per heavy atom. The molecular formula is C23H27Cl2F4N8O2+. The predicted molar refractivity (Wildman–Crippen MR) is 136 cm³/mol. The summed E-state index contributed by atoms with van der Waals surface area (Å²) < 4.78 is 58.5. The summed E-state index contributed by atoms with van der Waals surface area (Å²) >= 11 is 12.0. The third-order valence-corrected chi connectivity index (χ3v) is 7.20. The van der Waals surface area contributed by atoms with E-state index in [4.69, 9.17) is 23.2 Å². The second-order valence-electron chi connectivity index (χ2n) is 10.0. The van der Waals surface area contributed by atoms with Crippen molar-refractivity contribution in [2.75, 3.05) is 32.6 Å². The molecule has 1 atom stereocenters.